The van der Waals surface area contributed by atoms with Crippen molar-refractivity contribution in [2.24, 2.45) is 0 Å². The van der Waals surface area contributed by atoms with E-state index in [-0.39, 0.29) is 5.97 Å². The van der Waals surface area contributed by atoms with Gasteiger partial charge >= 0.3 is 5.97 Å². The first-order chi connectivity index (χ1) is 6.83. The molecule has 0 saturated carbocycles. The molecule has 0 spiro atoms. The molecule has 0 radical (unpaired) electrons. The molecule has 0 aliphatic carbocycles. The lowest BCUT2D eigenvalue weighted by molar-refractivity contribution is -0.143. The highest BCUT2D eigenvalue weighted by Gasteiger charge is 2.01. The number of rotatable bonds is 6. The lowest BCUT2D eigenvalue weighted by Crippen LogP contribution is -2.03. The summed E-state index contributed by atoms with van der Waals surface area (Å²) in [6.07, 6.45) is 3.63. The zero-order chi connectivity index (χ0) is 10.2. The summed E-state index contributed by atoms with van der Waals surface area (Å²) < 4.78 is 4.84. The van der Waals surface area contributed by atoms with E-state index < -0.39 is 0 Å². The Kier molecular flexibility index (Phi) is 5.30. The van der Waals surface area contributed by atoms with Gasteiger partial charge in [0.25, 0.3) is 0 Å². The number of carbonyl (C=O) groups is 1. The fraction of sp³-hybridized carbons (Fsp3) is 0.545. The van der Waals surface area contributed by atoms with Crippen LogP contribution in [0, 0.1) is 0 Å². The minimum absolute atomic E-state index is 0.0707. The summed E-state index contributed by atoms with van der Waals surface area (Å²) in [5.41, 5.74) is 0. The molecule has 78 valence electrons. The van der Waals surface area contributed by atoms with Crippen molar-refractivity contribution in [1.29, 1.82) is 0 Å². The summed E-state index contributed by atoms with van der Waals surface area (Å²) in [6, 6.07) is 4.19. The van der Waals surface area contributed by atoms with Crippen molar-refractivity contribution in [3.05, 3.63) is 22.4 Å². The molecular formula is C11H16O2S. The van der Waals surface area contributed by atoms with Crippen LogP contribution in [0.1, 0.15) is 31.1 Å². The van der Waals surface area contributed by atoms with Crippen LogP contribution in [0.2, 0.25) is 0 Å². The van der Waals surface area contributed by atoms with E-state index in [2.05, 4.69) is 17.5 Å². The van der Waals surface area contributed by atoms with Crippen LogP contribution in [0.4, 0.5) is 0 Å². The number of thiophene rings is 1. The average molecular weight is 212 g/mol. The van der Waals surface area contributed by atoms with Gasteiger partial charge in [-0.3, -0.25) is 4.79 Å². The molecule has 0 bridgehead atoms. The van der Waals surface area contributed by atoms with E-state index in [1.165, 1.54) is 4.88 Å². The molecule has 1 heterocycles. The quantitative estimate of drug-likeness (QED) is 0.535. The van der Waals surface area contributed by atoms with Crippen molar-refractivity contribution in [2.75, 3.05) is 6.61 Å². The first kappa shape index (κ1) is 11.2. The van der Waals surface area contributed by atoms with E-state index in [1.807, 2.05) is 6.92 Å². The van der Waals surface area contributed by atoms with Crippen molar-refractivity contribution < 1.29 is 9.53 Å². The lowest BCUT2D eigenvalue weighted by atomic mass is 10.2. The third kappa shape index (κ3) is 4.42. The molecule has 0 aromatic carbocycles. The molecule has 0 unspecified atom stereocenters. The van der Waals surface area contributed by atoms with Crippen LogP contribution in [0.3, 0.4) is 0 Å². The predicted octanol–water partition coefficient (Wildman–Crippen LogP) is 3.02. The minimum Gasteiger partial charge on any atom is -0.466 e. The molecule has 0 aliphatic rings. The fourth-order valence-electron chi connectivity index (χ4n) is 1.26. The number of esters is 1. The summed E-state index contributed by atoms with van der Waals surface area (Å²) in [5, 5.41) is 2.08. The molecule has 2 nitrogen and oxygen atoms in total. The van der Waals surface area contributed by atoms with Crippen LogP contribution < -0.4 is 0 Å². The SMILES string of the molecule is CCOC(=O)CCCCc1cccs1. The fourth-order valence-corrected chi connectivity index (χ4v) is 2.01. The summed E-state index contributed by atoms with van der Waals surface area (Å²) in [5.74, 6) is -0.0707. The Bertz CT molecular complexity index is 254. The Balaban J connectivity index is 2.02. The van der Waals surface area contributed by atoms with Gasteiger partial charge in [0.2, 0.25) is 0 Å². The predicted molar refractivity (Wildman–Crippen MR) is 58.5 cm³/mol. The van der Waals surface area contributed by atoms with E-state index in [0.717, 1.165) is 19.3 Å². The van der Waals surface area contributed by atoms with Gasteiger partial charge in [0.1, 0.15) is 0 Å². The second-order valence-electron chi connectivity index (χ2n) is 3.09. The van der Waals surface area contributed by atoms with Crippen molar-refractivity contribution in [1.82, 2.24) is 0 Å². The highest BCUT2D eigenvalue weighted by Crippen LogP contribution is 2.12. The van der Waals surface area contributed by atoms with Gasteiger partial charge in [0.15, 0.2) is 0 Å². The third-order valence-corrected chi connectivity index (χ3v) is 2.88. The summed E-state index contributed by atoms with van der Waals surface area (Å²) >= 11 is 1.78. The molecule has 1 aromatic heterocycles. The van der Waals surface area contributed by atoms with Gasteiger partial charge < -0.3 is 4.74 Å². The third-order valence-electron chi connectivity index (χ3n) is 1.94. The van der Waals surface area contributed by atoms with Crippen LogP contribution in [0.25, 0.3) is 0 Å². The highest BCUT2D eigenvalue weighted by molar-refractivity contribution is 7.09. The summed E-state index contributed by atoms with van der Waals surface area (Å²) in [6.45, 7) is 2.33. The molecule has 0 saturated heterocycles. The van der Waals surface area contributed by atoms with Gasteiger partial charge in [-0.1, -0.05) is 6.07 Å². The molecule has 0 atom stereocenters. The maximum absolute atomic E-state index is 11.0. The first-order valence-corrected chi connectivity index (χ1v) is 5.89. The van der Waals surface area contributed by atoms with E-state index in [1.54, 1.807) is 11.3 Å². The molecule has 3 heteroatoms. The zero-order valence-electron chi connectivity index (χ0n) is 8.49. The minimum atomic E-state index is -0.0707. The molecule has 14 heavy (non-hydrogen) atoms. The second kappa shape index (κ2) is 6.60. The van der Waals surface area contributed by atoms with Crippen molar-refractivity contribution in [3.63, 3.8) is 0 Å². The van der Waals surface area contributed by atoms with Gasteiger partial charge in [0, 0.05) is 11.3 Å². The van der Waals surface area contributed by atoms with Crippen LogP contribution in [0.5, 0.6) is 0 Å². The van der Waals surface area contributed by atoms with Gasteiger partial charge in [-0.05, 0) is 37.6 Å². The summed E-state index contributed by atoms with van der Waals surface area (Å²) in [7, 11) is 0. The molecule has 0 aliphatic heterocycles. The van der Waals surface area contributed by atoms with E-state index in [0.29, 0.717) is 13.0 Å². The topological polar surface area (TPSA) is 26.3 Å². The largest absolute Gasteiger partial charge is 0.466 e. The number of hydrogen-bond acceptors (Lipinski definition) is 3. The molecule has 0 amide bonds. The summed E-state index contributed by atoms with van der Waals surface area (Å²) in [4.78, 5) is 12.4. The maximum Gasteiger partial charge on any atom is 0.305 e. The Morgan fingerprint density at radius 1 is 1.50 bits per heavy atom. The van der Waals surface area contributed by atoms with Gasteiger partial charge in [-0.25, -0.2) is 0 Å². The number of unbranched alkanes of at least 4 members (excludes halogenated alkanes) is 1. The molecule has 0 fully saturated rings. The van der Waals surface area contributed by atoms with Crippen LogP contribution in [-0.2, 0) is 16.0 Å². The van der Waals surface area contributed by atoms with Crippen molar-refractivity contribution in [3.8, 4) is 0 Å². The monoisotopic (exact) mass is 212 g/mol. The number of hydrogen-bond donors (Lipinski definition) is 0. The Labute approximate surface area is 88.9 Å². The van der Waals surface area contributed by atoms with Gasteiger partial charge in [-0.2, -0.15) is 0 Å². The molecular weight excluding hydrogens is 196 g/mol. The van der Waals surface area contributed by atoms with Crippen molar-refractivity contribution in [2.45, 2.75) is 32.6 Å². The zero-order valence-corrected chi connectivity index (χ0v) is 9.31. The van der Waals surface area contributed by atoms with E-state index in [4.69, 9.17) is 4.74 Å². The van der Waals surface area contributed by atoms with Crippen LogP contribution >= 0.6 is 11.3 Å². The second-order valence-corrected chi connectivity index (χ2v) is 4.12. The number of carbonyl (C=O) groups excluding carboxylic acids is 1. The van der Waals surface area contributed by atoms with Crippen LogP contribution in [-0.4, -0.2) is 12.6 Å². The number of ether oxygens (including phenoxy) is 1. The van der Waals surface area contributed by atoms with Gasteiger partial charge in [-0.15, -0.1) is 11.3 Å². The lowest BCUT2D eigenvalue weighted by Gasteiger charge is -2.00. The van der Waals surface area contributed by atoms with E-state index in [9.17, 15) is 4.79 Å². The normalized spacial score (nSPS) is 10.1. The molecule has 1 aromatic rings. The van der Waals surface area contributed by atoms with E-state index >= 15 is 0 Å². The maximum atomic E-state index is 11.0. The standard InChI is InChI=1S/C11H16O2S/c1-2-13-11(12)8-4-3-6-10-7-5-9-14-10/h5,7,9H,2-4,6,8H2,1H3. The highest BCUT2D eigenvalue weighted by atomic mass is 32.1. The van der Waals surface area contributed by atoms with Crippen LogP contribution in [0.15, 0.2) is 17.5 Å². The first-order valence-electron chi connectivity index (χ1n) is 5.01. The number of aryl methyl sites for hydroxylation is 1. The Morgan fingerprint density at radius 2 is 2.36 bits per heavy atom. The Hall–Kier alpha value is -0.830. The van der Waals surface area contributed by atoms with Gasteiger partial charge in [0.05, 0.1) is 6.61 Å². The smallest absolute Gasteiger partial charge is 0.305 e. The average Bonchev–Trinajstić information content (AvgIpc) is 2.65. The molecule has 0 N–H and O–H groups in total. The molecule has 1 rings (SSSR count). The Morgan fingerprint density at radius 3 is 3.00 bits per heavy atom. The van der Waals surface area contributed by atoms with Crippen molar-refractivity contribution >= 4 is 17.3 Å².